The van der Waals surface area contributed by atoms with Crippen LogP contribution in [-0.4, -0.2) is 0 Å². The second-order valence-electron chi connectivity index (χ2n) is 6.82. The molecule has 3 aromatic carbocycles. The van der Waals surface area contributed by atoms with Gasteiger partial charge >= 0.3 is 21.2 Å². The van der Waals surface area contributed by atoms with Crippen molar-refractivity contribution in [1.29, 1.82) is 0 Å². The van der Waals surface area contributed by atoms with Gasteiger partial charge < -0.3 is 4.74 Å². The number of fused-ring (bicyclic) bond motifs is 3. The highest BCUT2D eigenvalue weighted by molar-refractivity contribution is 5.86. The van der Waals surface area contributed by atoms with E-state index in [1.165, 1.54) is 23.8 Å². The summed E-state index contributed by atoms with van der Waals surface area (Å²) in [4.78, 5) is 0. The lowest BCUT2D eigenvalue weighted by atomic mass is 9.95. The summed E-state index contributed by atoms with van der Waals surface area (Å²) in [7, 11) is 0. The van der Waals surface area contributed by atoms with Gasteiger partial charge in [0.25, 0.3) is 0 Å². The van der Waals surface area contributed by atoms with Crippen molar-refractivity contribution >= 4 is 11.6 Å². The van der Waals surface area contributed by atoms with Gasteiger partial charge in [-0.3, -0.25) is 0 Å². The van der Waals surface area contributed by atoms with E-state index >= 15 is 0 Å². The zero-order valence-corrected chi connectivity index (χ0v) is 17.0. The maximum atomic E-state index is 6.07. The molecular weight excluding hydrogens is 443 g/mol. The number of hydrogen-bond donors (Lipinski definition) is 0. The van der Waals surface area contributed by atoms with Crippen LogP contribution in [0, 0.1) is 7.14 Å². The van der Waals surface area contributed by atoms with E-state index in [1.54, 1.807) is 0 Å². The minimum atomic E-state index is -0.258. The third kappa shape index (κ3) is 3.04. The van der Waals surface area contributed by atoms with Crippen LogP contribution in [0.3, 0.4) is 0 Å². The van der Waals surface area contributed by atoms with Crippen molar-refractivity contribution in [3.8, 4) is 11.5 Å². The number of para-hydroxylation sites is 1. The number of ether oxygens (including phenoxy) is 1. The first-order valence-corrected chi connectivity index (χ1v) is 11.1. The number of benzene rings is 3. The molecule has 3 aromatic rings. The van der Waals surface area contributed by atoms with Crippen LogP contribution in [0.25, 0.3) is 11.6 Å². The van der Waals surface area contributed by atoms with Crippen molar-refractivity contribution in [1.82, 2.24) is 0 Å². The molecule has 0 amide bonds. The van der Waals surface area contributed by atoms with Crippen molar-refractivity contribution in [2.75, 3.05) is 0 Å². The summed E-state index contributed by atoms with van der Waals surface area (Å²) in [6, 6.07) is 21.5. The van der Waals surface area contributed by atoms with Crippen LogP contribution in [0.1, 0.15) is 22.3 Å². The smallest absolute Gasteiger partial charge is 0.357 e. The molecule has 0 radical (unpaired) electrons. The number of hydrogen-bond acceptors (Lipinski definition) is 1. The summed E-state index contributed by atoms with van der Waals surface area (Å²) in [6.07, 6.45) is 5.24. The Hall–Kier alpha value is -2.59. The monoisotopic (exact) mass is 461 g/mol. The largest absolute Gasteiger partial charge is 0.456 e. The third-order valence-electron chi connectivity index (χ3n) is 4.94. The fraction of sp³-hybridized carbons (Fsp3) is 0.0400. The Morgan fingerprint density at radius 3 is 2.48 bits per heavy atom. The number of rotatable bonds is 2. The van der Waals surface area contributed by atoms with E-state index in [0.29, 0.717) is 0 Å². The van der Waals surface area contributed by atoms with Crippen LogP contribution in [0.2, 0.25) is 0 Å². The number of halogens is 1. The molecule has 130 valence electrons. The highest BCUT2D eigenvalue weighted by Crippen LogP contribution is 2.42. The number of allylic oxidation sites excluding steroid dienone is 2. The summed E-state index contributed by atoms with van der Waals surface area (Å²) >= 11 is -0.258. The first-order valence-electron chi connectivity index (χ1n) is 8.91. The van der Waals surface area contributed by atoms with Crippen LogP contribution >= 0.6 is 0 Å². The molecule has 0 aromatic heterocycles. The molecular formula is C25H18IO+. The van der Waals surface area contributed by atoms with Crippen molar-refractivity contribution in [3.05, 3.63) is 115 Å². The second-order valence-corrected chi connectivity index (χ2v) is 9.85. The molecule has 0 unspecified atom stereocenters. The lowest BCUT2D eigenvalue weighted by Gasteiger charge is -2.21. The van der Waals surface area contributed by atoms with Crippen molar-refractivity contribution < 1.29 is 25.9 Å². The van der Waals surface area contributed by atoms with Crippen LogP contribution in [0.5, 0.6) is 11.5 Å². The zero-order valence-electron chi connectivity index (χ0n) is 14.8. The molecule has 0 fully saturated rings. The van der Waals surface area contributed by atoms with Gasteiger partial charge in [-0.15, -0.1) is 0 Å². The predicted molar refractivity (Wildman–Crippen MR) is 107 cm³/mol. The van der Waals surface area contributed by atoms with E-state index in [4.69, 9.17) is 4.74 Å². The van der Waals surface area contributed by atoms with Crippen LogP contribution in [0.4, 0.5) is 0 Å². The minimum absolute atomic E-state index is 0.258. The lowest BCUT2D eigenvalue weighted by Crippen LogP contribution is -3.61. The van der Waals surface area contributed by atoms with E-state index in [2.05, 4.69) is 67.8 Å². The normalized spacial score (nSPS) is 14.2. The molecule has 0 N–H and O–H groups in total. The Bertz CT molecular complexity index is 1140. The molecule has 5 rings (SSSR count). The fourth-order valence-electron chi connectivity index (χ4n) is 3.54. The van der Waals surface area contributed by atoms with Gasteiger partial charge in [0.2, 0.25) is 0 Å². The van der Waals surface area contributed by atoms with Crippen molar-refractivity contribution in [2.45, 2.75) is 6.42 Å². The molecule has 0 bridgehead atoms. The van der Waals surface area contributed by atoms with Gasteiger partial charge in [0.15, 0.2) is 7.14 Å². The standard InChI is InChI=1S/C25H18IO/c1-16-7-8-18-9-10-20(14-19(18)13-16)26-21-11-12-25-23(15-21)17(2)22-5-3-4-6-24(22)27-25/h3-12,14-15H,1-2,13H2/q+1. The quantitative estimate of drug-likeness (QED) is 0.417. The molecule has 1 aliphatic carbocycles. The van der Waals surface area contributed by atoms with E-state index in [1.807, 2.05) is 18.2 Å². The Balaban J connectivity index is 1.46. The molecule has 0 spiro atoms. The summed E-state index contributed by atoms with van der Waals surface area (Å²) in [6.45, 7) is 8.43. The highest BCUT2D eigenvalue weighted by atomic mass is 127. The van der Waals surface area contributed by atoms with Gasteiger partial charge in [-0.25, -0.2) is 0 Å². The third-order valence-corrected chi connectivity index (χ3v) is 7.53. The van der Waals surface area contributed by atoms with Crippen LogP contribution < -0.4 is 25.9 Å². The maximum absolute atomic E-state index is 6.07. The Kier molecular flexibility index (Phi) is 4.01. The predicted octanol–water partition coefficient (Wildman–Crippen LogP) is 3.11. The molecule has 0 atom stereocenters. The average molecular weight is 461 g/mol. The first-order chi connectivity index (χ1) is 13.2. The summed E-state index contributed by atoms with van der Waals surface area (Å²) in [5.74, 6) is 1.79. The molecule has 2 heteroatoms. The summed E-state index contributed by atoms with van der Waals surface area (Å²) < 4.78 is 8.88. The molecule has 1 nitrogen and oxygen atoms in total. The Morgan fingerprint density at radius 1 is 0.778 bits per heavy atom. The molecule has 2 aliphatic rings. The molecule has 0 saturated carbocycles. The molecule has 27 heavy (non-hydrogen) atoms. The minimum Gasteiger partial charge on any atom is -0.456 e. The van der Waals surface area contributed by atoms with Crippen LogP contribution in [-0.2, 0) is 6.42 Å². The summed E-state index contributed by atoms with van der Waals surface area (Å²) in [5.41, 5.74) is 7.13. The van der Waals surface area contributed by atoms with Gasteiger partial charge in [0.05, 0.1) is 0 Å². The zero-order chi connectivity index (χ0) is 18.4. The van der Waals surface area contributed by atoms with Gasteiger partial charge in [0, 0.05) is 17.2 Å². The Labute approximate surface area is 170 Å². The van der Waals surface area contributed by atoms with E-state index in [-0.39, 0.29) is 21.2 Å². The van der Waals surface area contributed by atoms with Crippen molar-refractivity contribution in [2.24, 2.45) is 0 Å². The molecule has 0 saturated heterocycles. The fourth-order valence-corrected chi connectivity index (χ4v) is 5.98. The highest BCUT2D eigenvalue weighted by Gasteiger charge is 2.25. The topological polar surface area (TPSA) is 9.23 Å². The van der Waals surface area contributed by atoms with Gasteiger partial charge in [0.1, 0.15) is 11.5 Å². The SMILES string of the molecule is C=C1C=Cc2ccc([I+]c3ccc4c(c3)C(=C)c3ccccc3O4)cc2C1. The average Bonchev–Trinajstić information content (AvgIpc) is 2.68. The van der Waals surface area contributed by atoms with Crippen LogP contribution in [0.15, 0.2) is 85.5 Å². The van der Waals surface area contributed by atoms with Gasteiger partial charge in [-0.2, -0.15) is 0 Å². The second kappa shape index (κ2) is 6.54. The Morgan fingerprint density at radius 2 is 1.56 bits per heavy atom. The lowest BCUT2D eigenvalue weighted by molar-refractivity contribution is -0.597. The van der Waals surface area contributed by atoms with E-state index in [9.17, 15) is 0 Å². The molecule has 1 heterocycles. The van der Waals surface area contributed by atoms with E-state index < -0.39 is 0 Å². The maximum Gasteiger partial charge on any atom is 0.357 e. The molecule has 1 aliphatic heterocycles. The van der Waals surface area contributed by atoms with Crippen molar-refractivity contribution in [3.63, 3.8) is 0 Å². The van der Waals surface area contributed by atoms with Gasteiger partial charge in [-0.05, 0) is 53.5 Å². The van der Waals surface area contributed by atoms with E-state index in [0.717, 1.165) is 34.6 Å². The van der Waals surface area contributed by atoms with Gasteiger partial charge in [-0.1, -0.05) is 55.1 Å². The summed E-state index contributed by atoms with van der Waals surface area (Å²) in [5, 5.41) is 0. The first kappa shape index (κ1) is 16.6.